The van der Waals surface area contributed by atoms with Crippen molar-refractivity contribution in [3.8, 4) is 0 Å². The van der Waals surface area contributed by atoms with Gasteiger partial charge in [-0.1, -0.05) is 157 Å². The Labute approximate surface area is 601 Å². The first kappa shape index (κ1) is 71.5. The fourth-order valence-electron chi connectivity index (χ4n) is 23.0. The zero-order valence-corrected chi connectivity index (χ0v) is 63.2. The van der Waals surface area contributed by atoms with Gasteiger partial charge in [0.15, 0.2) is 17.1 Å². The summed E-state index contributed by atoms with van der Waals surface area (Å²) in [6.07, 6.45) is 31.4. The van der Waals surface area contributed by atoms with Crippen LogP contribution in [0.5, 0.6) is 0 Å². The van der Waals surface area contributed by atoms with E-state index in [4.69, 9.17) is 20.0 Å². The van der Waals surface area contributed by atoms with Crippen LogP contribution in [0.1, 0.15) is 326 Å². The average molecular weight is 1390 g/mol. The number of hydrogen-bond donors (Lipinski definition) is 3. The highest BCUT2D eigenvalue weighted by atomic mass is 16.6. The van der Waals surface area contributed by atoms with Gasteiger partial charge in [0.2, 0.25) is 11.8 Å². The molecule has 9 aliphatic carbocycles. The van der Waals surface area contributed by atoms with Crippen LogP contribution in [0.4, 0.5) is 4.79 Å². The topological polar surface area (TPSA) is 211 Å². The van der Waals surface area contributed by atoms with Gasteiger partial charge in [-0.2, -0.15) is 15.3 Å². The number of amides is 6. The van der Waals surface area contributed by atoms with E-state index in [2.05, 4.69) is 92.3 Å². The summed E-state index contributed by atoms with van der Waals surface area (Å²) >= 11 is 0. The van der Waals surface area contributed by atoms with Crippen molar-refractivity contribution in [3.63, 3.8) is 0 Å². The van der Waals surface area contributed by atoms with Crippen molar-refractivity contribution >= 4 is 35.6 Å². The third kappa shape index (κ3) is 13.3. The second-order valence-electron chi connectivity index (χ2n) is 36.3. The van der Waals surface area contributed by atoms with Crippen LogP contribution < -0.4 is 16.0 Å². The summed E-state index contributed by atoms with van der Waals surface area (Å²) in [7, 11) is 0. The molecule has 9 fully saturated rings. The standard InChI is InChI=1S/C31H42N4O3.C26H40N4O2.C25H38N4O2/c1-30(2)22-14-16-31(3,18-22)28(30)32-27(36)26-24-19-34(29(37)38-20-21-10-6-4-7-11-21)17-15-25(24)35(33-26)23-12-8-5-9-13-23;1-5-21(31)29-14-12-20-19(16-29)22(28-30(20)18-9-7-6-8-10-18)23(32)27-24-25(2,3)17-11-13-26(24,4)15-17;1-16(30)28-13-11-20-19(15-28)21(27-29(20)18-8-6-5-7-9-18)22(31)26-23-24(2,3)17-10-12-25(23,4)14-17/h4,6-7,10-11,22-23,28H,5,8-9,12-20H2,1-3H3,(H,32,36);17-18,24H,5-16H2,1-4H3,(H,27,32);17-18,23H,5-15H2,1-4H3,(H,26,31). The first-order valence-electron chi connectivity index (χ1n) is 39.9. The van der Waals surface area contributed by atoms with Crippen molar-refractivity contribution in [1.29, 1.82) is 0 Å². The van der Waals surface area contributed by atoms with Crippen LogP contribution in [0.25, 0.3) is 0 Å². The first-order valence-corrected chi connectivity index (χ1v) is 39.9. The van der Waals surface area contributed by atoms with Gasteiger partial charge in [0.25, 0.3) is 17.7 Å². The van der Waals surface area contributed by atoms with Crippen molar-refractivity contribution in [2.24, 2.45) is 50.2 Å². The zero-order valence-electron chi connectivity index (χ0n) is 63.2. The Bertz CT molecular complexity index is 3760. The Morgan fingerprint density at radius 1 is 0.455 bits per heavy atom. The zero-order chi connectivity index (χ0) is 71.1. The van der Waals surface area contributed by atoms with Crippen molar-refractivity contribution in [2.45, 2.75) is 318 Å². The van der Waals surface area contributed by atoms with Crippen LogP contribution in [-0.4, -0.2) is 117 Å². The van der Waals surface area contributed by atoms with Gasteiger partial charge in [-0.15, -0.1) is 0 Å². The van der Waals surface area contributed by atoms with Gasteiger partial charge in [-0.05, 0) is 152 Å². The molecule has 0 radical (unpaired) electrons. The normalized spacial score (nSPS) is 30.5. The maximum Gasteiger partial charge on any atom is 0.410 e. The van der Waals surface area contributed by atoms with Gasteiger partial charge in [0.1, 0.15) is 6.61 Å². The molecule has 12 aliphatic rings. The molecule has 19 nitrogen and oxygen atoms in total. The van der Waals surface area contributed by atoms with E-state index < -0.39 is 0 Å². The predicted octanol–water partition coefficient (Wildman–Crippen LogP) is 14.9. The van der Waals surface area contributed by atoms with Crippen molar-refractivity contribution < 1.29 is 33.5 Å². The van der Waals surface area contributed by atoms with Gasteiger partial charge in [-0.3, -0.25) is 38.0 Å². The lowest BCUT2D eigenvalue weighted by molar-refractivity contribution is -0.132. The van der Waals surface area contributed by atoms with Crippen molar-refractivity contribution in [3.05, 3.63) is 86.7 Å². The molecule has 19 heteroatoms. The van der Waals surface area contributed by atoms with Crippen LogP contribution in [0.3, 0.4) is 0 Å². The average Bonchev–Trinajstić information content (AvgIpc) is 1.58. The number of nitrogens with one attached hydrogen (secondary N) is 3. The van der Waals surface area contributed by atoms with Crippen LogP contribution in [0.15, 0.2) is 30.3 Å². The smallest absolute Gasteiger partial charge is 0.410 e. The number of aromatic nitrogens is 6. The van der Waals surface area contributed by atoms with E-state index >= 15 is 0 Å². The van der Waals surface area contributed by atoms with E-state index in [0.29, 0.717) is 92.0 Å². The second kappa shape index (κ2) is 27.8. The molecule has 0 saturated heterocycles. The number of hydrogen-bond acceptors (Lipinski definition) is 10. The third-order valence-corrected chi connectivity index (χ3v) is 28.9. The highest BCUT2D eigenvalue weighted by Gasteiger charge is 2.62. The minimum Gasteiger partial charge on any atom is -0.445 e. The number of fused-ring (bicyclic) bond motifs is 9. The van der Waals surface area contributed by atoms with E-state index in [1.807, 2.05) is 47.1 Å². The highest BCUT2D eigenvalue weighted by molar-refractivity contribution is 5.96. The predicted molar refractivity (Wildman–Crippen MR) is 389 cm³/mol. The Morgan fingerprint density at radius 3 is 1.13 bits per heavy atom. The number of carbonyl (C=O) groups excluding carboxylic acids is 6. The largest absolute Gasteiger partial charge is 0.445 e. The molecule has 0 spiro atoms. The minimum absolute atomic E-state index is 0.0338. The number of carbonyl (C=O) groups is 6. The summed E-state index contributed by atoms with van der Waals surface area (Å²) in [6, 6.07) is 11.4. The monoisotopic (exact) mass is 1380 g/mol. The van der Waals surface area contributed by atoms with Crippen LogP contribution >= 0.6 is 0 Å². The molecule has 3 N–H and O–H groups in total. The minimum atomic E-state index is -0.335. The van der Waals surface area contributed by atoms with Crippen LogP contribution in [0.2, 0.25) is 0 Å². The summed E-state index contributed by atoms with van der Waals surface area (Å²) in [5, 5.41) is 25.3. The molecule has 3 aromatic heterocycles. The summed E-state index contributed by atoms with van der Waals surface area (Å²) in [6.45, 7) is 28.2. The molecular formula is C82H120N12O7. The molecule has 550 valence electrons. The number of rotatable bonds is 12. The molecule has 3 aliphatic heterocycles. The van der Waals surface area contributed by atoms with Gasteiger partial charge in [0.05, 0.1) is 24.7 Å². The molecule has 6 amide bonds. The van der Waals surface area contributed by atoms with Gasteiger partial charge >= 0.3 is 6.09 Å². The second-order valence-corrected chi connectivity index (χ2v) is 36.3. The lowest BCUT2D eigenvalue weighted by Gasteiger charge is -2.43. The quantitative estimate of drug-likeness (QED) is 0.122. The molecule has 9 saturated carbocycles. The number of benzene rings is 1. The molecular weight excluding hydrogens is 1260 g/mol. The lowest BCUT2D eigenvalue weighted by Crippen LogP contribution is -2.52. The number of ether oxygens (including phenoxy) is 1. The third-order valence-electron chi connectivity index (χ3n) is 28.9. The summed E-state index contributed by atoms with van der Waals surface area (Å²) < 4.78 is 12.2. The molecule has 101 heavy (non-hydrogen) atoms. The molecule has 9 unspecified atom stereocenters. The van der Waals surface area contributed by atoms with Gasteiger partial charge in [-0.25, -0.2) is 4.79 Å². The molecule has 6 heterocycles. The fraction of sp³-hybridized carbons (Fsp3) is 0.744. The van der Waals surface area contributed by atoms with Crippen LogP contribution in [-0.2, 0) is 59.8 Å². The Hall–Kier alpha value is -6.53. The molecule has 1 aromatic carbocycles. The van der Waals surface area contributed by atoms with Crippen molar-refractivity contribution in [1.82, 2.24) is 60.0 Å². The Kier molecular flexibility index (Phi) is 19.7. The van der Waals surface area contributed by atoms with Gasteiger partial charge in [0, 0.05) is 117 Å². The van der Waals surface area contributed by atoms with E-state index in [1.54, 1.807) is 11.8 Å². The summed E-state index contributed by atoms with van der Waals surface area (Å²) in [4.78, 5) is 84.4. The van der Waals surface area contributed by atoms with Crippen molar-refractivity contribution in [2.75, 3.05) is 19.6 Å². The van der Waals surface area contributed by atoms with Gasteiger partial charge < -0.3 is 35.4 Å². The highest BCUT2D eigenvalue weighted by Crippen LogP contribution is 2.65. The summed E-state index contributed by atoms with van der Waals surface area (Å²) in [5.74, 6) is 2.10. The summed E-state index contributed by atoms with van der Waals surface area (Å²) in [5.41, 5.74) is 9.80. The SMILES string of the molecule is CC(=O)N1CCc2c(c(C(=O)NC3C4(C)CCC(C4)C3(C)C)nn2C2CCCCC2)C1.CC12CCC(C1)C(C)(C)C2NC(=O)c1nn(C2CCCCC2)c2c1CN(C(=O)OCc1ccccc1)CC2.CCC(=O)N1CCc2c(c(C(=O)NC3C4(C)CCC(C4)C3(C)C)nn2C2CCCCC2)C1. The first-order chi connectivity index (χ1) is 48.2. The molecule has 4 aromatic rings. The number of nitrogens with zero attached hydrogens (tertiary/aromatic N) is 9. The maximum absolute atomic E-state index is 13.9. The Balaban J connectivity index is 0.000000130. The Morgan fingerprint density at radius 2 is 0.792 bits per heavy atom. The molecule has 6 bridgehead atoms. The van der Waals surface area contributed by atoms with E-state index in [9.17, 15) is 28.8 Å². The lowest BCUT2D eigenvalue weighted by atomic mass is 9.68. The molecule has 16 rings (SSSR count). The van der Waals surface area contributed by atoms with Crippen LogP contribution in [0, 0.1) is 50.2 Å². The van der Waals surface area contributed by atoms with E-state index in [1.165, 1.54) is 127 Å². The van der Waals surface area contributed by atoms with E-state index in [0.717, 1.165) is 92.4 Å². The maximum atomic E-state index is 13.9. The fourth-order valence-corrected chi connectivity index (χ4v) is 23.0. The molecule has 9 atom stereocenters. The van der Waals surface area contributed by atoms with E-state index in [-0.39, 0.29) is 92.9 Å².